The highest BCUT2D eigenvalue weighted by molar-refractivity contribution is 7.97. The van der Waals surface area contributed by atoms with Crippen molar-refractivity contribution in [1.82, 2.24) is 14.3 Å². The third-order valence-electron chi connectivity index (χ3n) is 4.87. The average molecular weight is 359 g/mol. The molecule has 0 aromatic carbocycles. The number of methoxy groups -OCH3 is 1. The monoisotopic (exact) mass is 359 g/mol. The van der Waals surface area contributed by atoms with Crippen molar-refractivity contribution in [3.8, 4) is 5.75 Å². The lowest BCUT2D eigenvalue weighted by Gasteiger charge is -2.34. The molecule has 1 saturated heterocycles. The van der Waals surface area contributed by atoms with E-state index in [9.17, 15) is 5.02 Å². The predicted octanol–water partition coefficient (Wildman–Crippen LogP) is 2.37. The average Bonchev–Trinajstić information content (AvgIpc) is 3.10. The number of pyridine rings is 1. The lowest BCUT2D eigenvalue weighted by atomic mass is 9.74. The Morgan fingerprint density at radius 1 is 1.48 bits per heavy atom. The quantitative estimate of drug-likeness (QED) is 0.485. The molecule has 0 bridgehead atoms. The van der Waals surface area contributed by atoms with Crippen LogP contribution in [0.2, 0.25) is 0 Å². The SMILES string of the molecule is COCCSN1CCC(C2=CB(O)Oc3cnc4[nH]ccc4c32)CC1. The van der Waals surface area contributed by atoms with Crippen molar-refractivity contribution in [3.63, 3.8) is 0 Å². The Labute approximate surface area is 151 Å². The van der Waals surface area contributed by atoms with Gasteiger partial charge in [-0.15, -0.1) is 0 Å². The van der Waals surface area contributed by atoms with E-state index in [-0.39, 0.29) is 0 Å². The van der Waals surface area contributed by atoms with E-state index in [1.54, 1.807) is 13.3 Å². The molecule has 2 aliphatic heterocycles. The highest BCUT2D eigenvalue weighted by Crippen LogP contribution is 2.42. The Morgan fingerprint density at radius 2 is 2.32 bits per heavy atom. The number of piperidine rings is 1. The molecule has 2 N–H and O–H groups in total. The van der Waals surface area contributed by atoms with Gasteiger partial charge in [-0.05, 0) is 36.4 Å². The first kappa shape index (κ1) is 17.0. The van der Waals surface area contributed by atoms with Crippen LogP contribution in [0.25, 0.3) is 16.6 Å². The third kappa shape index (κ3) is 3.44. The number of nitrogens with zero attached hydrogens (tertiary/aromatic N) is 2. The van der Waals surface area contributed by atoms with Crippen LogP contribution in [0.15, 0.2) is 24.4 Å². The van der Waals surface area contributed by atoms with E-state index in [0.29, 0.717) is 11.7 Å². The number of allylic oxidation sites excluding steroid dienone is 1. The van der Waals surface area contributed by atoms with Gasteiger partial charge in [0.15, 0.2) is 0 Å². The van der Waals surface area contributed by atoms with Gasteiger partial charge in [0.1, 0.15) is 11.4 Å². The van der Waals surface area contributed by atoms with Crippen molar-refractivity contribution in [2.24, 2.45) is 5.92 Å². The lowest BCUT2D eigenvalue weighted by Crippen LogP contribution is -2.32. The Kier molecular flexibility index (Phi) is 5.03. The molecule has 0 amide bonds. The lowest BCUT2D eigenvalue weighted by molar-refractivity contribution is 0.217. The van der Waals surface area contributed by atoms with Crippen LogP contribution in [0, 0.1) is 5.92 Å². The van der Waals surface area contributed by atoms with Gasteiger partial charge in [0.05, 0.1) is 12.8 Å². The highest BCUT2D eigenvalue weighted by Gasteiger charge is 2.32. The molecule has 0 unspecified atom stereocenters. The molecule has 132 valence electrons. The molecule has 0 saturated carbocycles. The Morgan fingerprint density at radius 3 is 3.12 bits per heavy atom. The highest BCUT2D eigenvalue weighted by atomic mass is 32.2. The van der Waals surface area contributed by atoms with Crippen LogP contribution in [0.4, 0.5) is 0 Å². The van der Waals surface area contributed by atoms with Crippen LogP contribution >= 0.6 is 11.9 Å². The number of aromatic amines is 1. The maximum atomic E-state index is 10.1. The Hall–Kier alpha value is -1.48. The minimum atomic E-state index is -0.894. The van der Waals surface area contributed by atoms with Crippen LogP contribution in [-0.4, -0.2) is 59.0 Å². The molecular weight excluding hydrogens is 337 g/mol. The molecule has 8 heteroatoms. The molecule has 0 spiro atoms. The summed E-state index contributed by atoms with van der Waals surface area (Å²) in [4.78, 5) is 7.54. The molecule has 2 aliphatic rings. The van der Waals surface area contributed by atoms with Gasteiger partial charge in [0, 0.05) is 43.1 Å². The van der Waals surface area contributed by atoms with Crippen molar-refractivity contribution in [3.05, 3.63) is 30.0 Å². The summed E-state index contributed by atoms with van der Waals surface area (Å²) in [5.41, 5.74) is 3.14. The maximum absolute atomic E-state index is 10.1. The van der Waals surface area contributed by atoms with E-state index in [4.69, 9.17) is 9.39 Å². The van der Waals surface area contributed by atoms with Crippen molar-refractivity contribution in [2.75, 3.05) is 32.6 Å². The van der Waals surface area contributed by atoms with Gasteiger partial charge < -0.3 is 19.4 Å². The van der Waals surface area contributed by atoms with Gasteiger partial charge in [-0.3, -0.25) is 4.31 Å². The Balaban J connectivity index is 1.54. The zero-order valence-electron chi connectivity index (χ0n) is 14.3. The fourth-order valence-electron chi connectivity index (χ4n) is 3.66. The van der Waals surface area contributed by atoms with Gasteiger partial charge in [-0.25, -0.2) is 4.98 Å². The van der Waals surface area contributed by atoms with Crippen LogP contribution in [-0.2, 0) is 4.74 Å². The zero-order chi connectivity index (χ0) is 17.2. The smallest absolute Gasteiger partial charge is 0.531 e. The van der Waals surface area contributed by atoms with Crippen LogP contribution in [0.5, 0.6) is 5.75 Å². The van der Waals surface area contributed by atoms with E-state index < -0.39 is 7.12 Å². The number of fused-ring (bicyclic) bond motifs is 3. The topological polar surface area (TPSA) is 70.6 Å². The van der Waals surface area contributed by atoms with E-state index >= 15 is 0 Å². The van der Waals surface area contributed by atoms with Crippen molar-refractivity contribution in [1.29, 1.82) is 0 Å². The van der Waals surface area contributed by atoms with Crippen molar-refractivity contribution in [2.45, 2.75) is 12.8 Å². The summed E-state index contributed by atoms with van der Waals surface area (Å²) in [7, 11) is 0.846. The first-order valence-electron chi connectivity index (χ1n) is 8.66. The van der Waals surface area contributed by atoms with Gasteiger partial charge in [-0.1, -0.05) is 11.9 Å². The van der Waals surface area contributed by atoms with E-state index in [2.05, 4.69) is 14.3 Å². The molecular formula is C17H22BN3O3S. The summed E-state index contributed by atoms with van der Waals surface area (Å²) in [5, 5.41) is 11.2. The summed E-state index contributed by atoms with van der Waals surface area (Å²) >= 11 is 1.86. The molecule has 4 rings (SSSR count). The molecule has 1 fully saturated rings. The maximum Gasteiger partial charge on any atom is 0.552 e. The number of ether oxygens (including phenoxy) is 1. The second-order valence-electron chi connectivity index (χ2n) is 6.40. The number of rotatable bonds is 5. The van der Waals surface area contributed by atoms with E-state index in [0.717, 1.165) is 54.9 Å². The number of nitrogens with one attached hydrogen (secondary N) is 1. The molecule has 0 radical (unpaired) electrons. The first-order valence-corrected chi connectivity index (χ1v) is 9.60. The molecule has 2 aromatic rings. The predicted molar refractivity (Wildman–Crippen MR) is 101 cm³/mol. The fourth-order valence-corrected chi connectivity index (χ4v) is 4.63. The van der Waals surface area contributed by atoms with Crippen molar-refractivity contribution < 1.29 is 14.4 Å². The summed E-state index contributed by atoms with van der Waals surface area (Å²) in [5.74, 6) is 3.97. The summed E-state index contributed by atoms with van der Waals surface area (Å²) in [6.45, 7) is 2.87. The van der Waals surface area contributed by atoms with E-state index in [1.807, 2.05) is 30.2 Å². The summed E-state index contributed by atoms with van der Waals surface area (Å²) in [6.07, 6.45) is 5.76. The second kappa shape index (κ2) is 7.41. The molecule has 25 heavy (non-hydrogen) atoms. The van der Waals surface area contributed by atoms with Crippen LogP contribution < -0.4 is 4.65 Å². The fraction of sp³-hybridized carbons (Fsp3) is 0.471. The van der Waals surface area contributed by atoms with Gasteiger partial charge in [0.25, 0.3) is 0 Å². The molecule has 0 aliphatic carbocycles. The van der Waals surface area contributed by atoms with Crippen molar-refractivity contribution >= 4 is 35.7 Å². The number of aromatic nitrogens is 2. The van der Waals surface area contributed by atoms with Crippen LogP contribution in [0.1, 0.15) is 18.4 Å². The second-order valence-corrected chi connectivity index (χ2v) is 7.58. The Bertz CT molecular complexity index is 774. The number of hydrogen-bond acceptors (Lipinski definition) is 6. The minimum absolute atomic E-state index is 0.428. The number of H-pyrrole nitrogens is 1. The van der Waals surface area contributed by atoms with Crippen LogP contribution in [0.3, 0.4) is 0 Å². The summed E-state index contributed by atoms with van der Waals surface area (Å²) in [6, 6.07) is 2.03. The summed E-state index contributed by atoms with van der Waals surface area (Å²) < 4.78 is 13.1. The molecule has 2 aromatic heterocycles. The largest absolute Gasteiger partial charge is 0.552 e. The molecule has 4 heterocycles. The minimum Gasteiger partial charge on any atom is -0.531 e. The first-order chi connectivity index (χ1) is 12.3. The van der Waals surface area contributed by atoms with Gasteiger partial charge in [-0.2, -0.15) is 0 Å². The molecule has 6 nitrogen and oxygen atoms in total. The number of hydrogen-bond donors (Lipinski definition) is 2. The zero-order valence-corrected chi connectivity index (χ0v) is 15.1. The van der Waals surface area contributed by atoms with Gasteiger partial charge in [0.2, 0.25) is 0 Å². The van der Waals surface area contributed by atoms with Gasteiger partial charge >= 0.3 is 7.12 Å². The van der Waals surface area contributed by atoms with E-state index in [1.165, 1.54) is 5.57 Å². The third-order valence-corrected chi connectivity index (χ3v) is 5.94. The normalized spacial score (nSPS) is 19.0. The molecule has 0 atom stereocenters. The standard InChI is InChI=1S/C17H22BN3O3S/c1-23-8-9-25-21-6-3-12(4-7-21)14-10-18(22)24-15-11-20-17-13(16(14)15)2-5-19-17/h2,5,10-12,22H,3-4,6-9H2,1H3,(H,19,20).